The SMILES string of the molecule is CC(C)(C)OC(=O)N1CCC(CN2CCNCCOCCOc3ccccc3C2=O)CC1. The van der Waals surface area contributed by atoms with Crippen LogP contribution in [0.5, 0.6) is 5.75 Å². The van der Waals surface area contributed by atoms with Crippen molar-refractivity contribution in [3.05, 3.63) is 29.8 Å². The van der Waals surface area contributed by atoms with Gasteiger partial charge in [0.1, 0.15) is 18.0 Å². The zero-order valence-corrected chi connectivity index (χ0v) is 19.6. The molecule has 2 aliphatic heterocycles. The minimum atomic E-state index is -0.494. The summed E-state index contributed by atoms with van der Waals surface area (Å²) in [7, 11) is 0. The summed E-state index contributed by atoms with van der Waals surface area (Å²) in [4.78, 5) is 29.5. The molecule has 3 rings (SSSR count). The summed E-state index contributed by atoms with van der Waals surface area (Å²) in [6.07, 6.45) is 1.44. The van der Waals surface area contributed by atoms with Crippen molar-refractivity contribution in [3.63, 3.8) is 0 Å². The monoisotopic (exact) mass is 447 g/mol. The number of fused-ring (bicyclic) bond motifs is 1. The van der Waals surface area contributed by atoms with Crippen LogP contribution in [0.4, 0.5) is 4.79 Å². The Labute approximate surface area is 191 Å². The molecule has 1 aromatic rings. The summed E-state index contributed by atoms with van der Waals surface area (Å²) in [5, 5.41) is 3.35. The highest BCUT2D eigenvalue weighted by atomic mass is 16.6. The highest BCUT2D eigenvalue weighted by Gasteiger charge is 2.29. The number of rotatable bonds is 2. The van der Waals surface area contributed by atoms with Gasteiger partial charge in [-0.05, 0) is 51.7 Å². The highest BCUT2D eigenvalue weighted by molar-refractivity contribution is 5.97. The van der Waals surface area contributed by atoms with E-state index in [2.05, 4.69) is 5.32 Å². The molecule has 1 N–H and O–H groups in total. The first-order valence-corrected chi connectivity index (χ1v) is 11.6. The molecule has 0 bridgehead atoms. The van der Waals surface area contributed by atoms with Gasteiger partial charge in [0.25, 0.3) is 5.91 Å². The van der Waals surface area contributed by atoms with E-state index >= 15 is 0 Å². The number of piperidine rings is 1. The van der Waals surface area contributed by atoms with Crippen LogP contribution >= 0.6 is 0 Å². The van der Waals surface area contributed by atoms with Crippen LogP contribution in [0.25, 0.3) is 0 Å². The zero-order chi connectivity index (χ0) is 23.0. The number of amides is 2. The lowest BCUT2D eigenvalue weighted by molar-refractivity contribution is 0.0167. The summed E-state index contributed by atoms with van der Waals surface area (Å²) >= 11 is 0. The second-order valence-corrected chi connectivity index (χ2v) is 9.37. The molecule has 0 aromatic heterocycles. The van der Waals surface area contributed by atoms with E-state index in [1.54, 1.807) is 4.90 Å². The van der Waals surface area contributed by atoms with E-state index in [0.717, 1.165) is 19.4 Å². The number of likely N-dealkylation sites (tertiary alicyclic amines) is 1. The fourth-order valence-electron chi connectivity index (χ4n) is 3.95. The molecule has 1 aromatic carbocycles. The van der Waals surface area contributed by atoms with E-state index in [-0.39, 0.29) is 12.0 Å². The first-order valence-electron chi connectivity index (χ1n) is 11.6. The summed E-state index contributed by atoms with van der Waals surface area (Å²) in [5.74, 6) is 0.917. The van der Waals surface area contributed by atoms with Gasteiger partial charge in [0, 0.05) is 39.3 Å². The van der Waals surface area contributed by atoms with Crippen LogP contribution < -0.4 is 10.1 Å². The van der Waals surface area contributed by atoms with Gasteiger partial charge in [0.2, 0.25) is 0 Å². The smallest absolute Gasteiger partial charge is 0.410 e. The molecule has 0 atom stereocenters. The molecule has 2 amide bonds. The number of para-hydroxylation sites is 1. The first-order chi connectivity index (χ1) is 15.3. The van der Waals surface area contributed by atoms with Crippen molar-refractivity contribution in [2.24, 2.45) is 5.92 Å². The Morgan fingerprint density at radius 3 is 2.59 bits per heavy atom. The van der Waals surface area contributed by atoms with E-state index in [1.165, 1.54) is 0 Å². The lowest BCUT2D eigenvalue weighted by atomic mass is 9.96. The molecule has 2 heterocycles. The number of carbonyl (C=O) groups is 2. The van der Waals surface area contributed by atoms with Crippen molar-refractivity contribution in [3.8, 4) is 5.75 Å². The van der Waals surface area contributed by atoms with Gasteiger partial charge in [-0.1, -0.05) is 12.1 Å². The summed E-state index contributed by atoms with van der Waals surface area (Å²) in [6, 6.07) is 7.40. The van der Waals surface area contributed by atoms with Crippen molar-refractivity contribution in [2.45, 2.75) is 39.2 Å². The van der Waals surface area contributed by atoms with Crippen LogP contribution in [0.15, 0.2) is 24.3 Å². The Kier molecular flexibility index (Phi) is 8.75. The largest absolute Gasteiger partial charge is 0.490 e. The average molecular weight is 448 g/mol. The molecular weight excluding hydrogens is 410 g/mol. The summed E-state index contributed by atoms with van der Waals surface area (Å²) < 4.78 is 16.9. The predicted octanol–water partition coefficient (Wildman–Crippen LogP) is 2.77. The lowest BCUT2D eigenvalue weighted by Crippen LogP contribution is -2.45. The van der Waals surface area contributed by atoms with Crippen molar-refractivity contribution in [1.82, 2.24) is 15.1 Å². The van der Waals surface area contributed by atoms with Crippen LogP contribution in [0, 0.1) is 5.92 Å². The number of nitrogens with one attached hydrogen (secondary N) is 1. The number of benzene rings is 1. The van der Waals surface area contributed by atoms with Crippen LogP contribution in [-0.2, 0) is 9.47 Å². The molecule has 178 valence electrons. The fraction of sp³-hybridized carbons (Fsp3) is 0.667. The van der Waals surface area contributed by atoms with E-state index in [0.29, 0.717) is 69.8 Å². The molecule has 0 saturated carbocycles. The third-order valence-corrected chi connectivity index (χ3v) is 5.62. The summed E-state index contributed by atoms with van der Waals surface area (Å²) in [6.45, 7) is 11.2. The lowest BCUT2D eigenvalue weighted by Gasteiger charge is -2.35. The number of hydrogen-bond acceptors (Lipinski definition) is 6. The van der Waals surface area contributed by atoms with Gasteiger partial charge in [-0.25, -0.2) is 4.79 Å². The van der Waals surface area contributed by atoms with Crippen molar-refractivity contribution >= 4 is 12.0 Å². The molecule has 32 heavy (non-hydrogen) atoms. The van der Waals surface area contributed by atoms with Gasteiger partial charge in [-0.3, -0.25) is 4.79 Å². The van der Waals surface area contributed by atoms with Crippen LogP contribution in [-0.4, -0.2) is 86.5 Å². The number of carbonyl (C=O) groups excluding carboxylic acids is 2. The Bertz CT molecular complexity index is 756. The molecule has 8 nitrogen and oxygen atoms in total. The quantitative estimate of drug-likeness (QED) is 0.751. The van der Waals surface area contributed by atoms with Gasteiger partial charge >= 0.3 is 6.09 Å². The van der Waals surface area contributed by atoms with Gasteiger partial charge < -0.3 is 29.3 Å². The van der Waals surface area contributed by atoms with Gasteiger partial charge in [0.05, 0.1) is 18.8 Å². The maximum absolute atomic E-state index is 13.4. The molecule has 0 radical (unpaired) electrons. The van der Waals surface area contributed by atoms with Crippen molar-refractivity contribution < 1.29 is 23.8 Å². The second-order valence-electron chi connectivity index (χ2n) is 9.37. The average Bonchev–Trinajstić information content (AvgIpc) is 2.77. The maximum atomic E-state index is 13.4. The Morgan fingerprint density at radius 1 is 1.09 bits per heavy atom. The van der Waals surface area contributed by atoms with Crippen LogP contribution in [0.2, 0.25) is 0 Å². The van der Waals surface area contributed by atoms with Crippen LogP contribution in [0.1, 0.15) is 44.0 Å². The van der Waals surface area contributed by atoms with Gasteiger partial charge in [-0.15, -0.1) is 0 Å². The summed E-state index contributed by atoms with van der Waals surface area (Å²) in [5.41, 5.74) is 0.0875. The third-order valence-electron chi connectivity index (χ3n) is 5.62. The Hall–Kier alpha value is -2.32. The number of ether oxygens (including phenoxy) is 3. The third kappa shape index (κ3) is 7.38. The maximum Gasteiger partial charge on any atom is 0.410 e. The molecule has 0 spiro atoms. The highest BCUT2D eigenvalue weighted by Crippen LogP contribution is 2.24. The Balaban J connectivity index is 1.64. The molecule has 0 unspecified atom stereocenters. The Morgan fingerprint density at radius 2 is 1.84 bits per heavy atom. The van der Waals surface area contributed by atoms with Crippen molar-refractivity contribution in [1.29, 1.82) is 0 Å². The van der Waals surface area contributed by atoms with E-state index < -0.39 is 5.60 Å². The topological polar surface area (TPSA) is 80.3 Å². The van der Waals surface area contributed by atoms with Crippen LogP contribution in [0.3, 0.4) is 0 Å². The minimum Gasteiger partial charge on any atom is -0.490 e. The molecule has 8 heteroatoms. The van der Waals surface area contributed by atoms with Gasteiger partial charge in [-0.2, -0.15) is 0 Å². The zero-order valence-electron chi connectivity index (χ0n) is 19.6. The number of hydrogen-bond donors (Lipinski definition) is 1. The van der Waals surface area contributed by atoms with Crippen molar-refractivity contribution in [2.75, 3.05) is 59.1 Å². The normalized spacial score (nSPS) is 19.8. The van der Waals surface area contributed by atoms with E-state index in [1.807, 2.05) is 49.9 Å². The fourth-order valence-corrected chi connectivity index (χ4v) is 3.95. The predicted molar refractivity (Wildman–Crippen MR) is 122 cm³/mol. The molecule has 0 aliphatic carbocycles. The molecule has 2 aliphatic rings. The van der Waals surface area contributed by atoms with Gasteiger partial charge in [0.15, 0.2) is 0 Å². The first kappa shape index (κ1) is 24.3. The minimum absolute atomic E-state index is 0.0165. The van der Waals surface area contributed by atoms with E-state index in [9.17, 15) is 9.59 Å². The standard InChI is InChI=1S/C24H37N3O5/c1-24(2,3)32-23(29)26-12-8-19(9-13-26)18-27-14-10-25-11-15-30-16-17-31-21-7-5-4-6-20(21)22(27)28/h4-7,19,25H,8-18H2,1-3H3. The molecule has 1 saturated heterocycles. The number of nitrogens with zero attached hydrogens (tertiary/aromatic N) is 2. The second kappa shape index (κ2) is 11.5. The van der Waals surface area contributed by atoms with E-state index in [4.69, 9.17) is 14.2 Å². The molecule has 1 fully saturated rings. The molecular formula is C24H37N3O5.